The van der Waals surface area contributed by atoms with E-state index >= 15 is 0 Å². The first-order valence-electron chi connectivity index (χ1n) is 6.32. The van der Waals surface area contributed by atoms with Gasteiger partial charge in [0.15, 0.2) is 0 Å². The van der Waals surface area contributed by atoms with Crippen LogP contribution in [0.2, 0.25) is 0 Å². The average molecular weight is 234 g/mol. The molecule has 1 aromatic rings. The van der Waals surface area contributed by atoms with Crippen LogP contribution < -0.4 is 15.4 Å². The second-order valence-electron chi connectivity index (χ2n) is 5.10. The lowest BCUT2D eigenvalue weighted by atomic mass is 9.93. The number of hydrogen-bond acceptors (Lipinski definition) is 3. The molecule has 1 heterocycles. The number of nitrogen functional groups attached to an aromatic ring is 1. The van der Waals surface area contributed by atoms with Gasteiger partial charge in [-0.15, -0.1) is 0 Å². The van der Waals surface area contributed by atoms with Crippen molar-refractivity contribution in [3.8, 4) is 5.75 Å². The zero-order valence-corrected chi connectivity index (χ0v) is 10.9. The zero-order valence-electron chi connectivity index (χ0n) is 10.9. The number of piperidine rings is 1. The Kier molecular flexibility index (Phi) is 3.46. The number of nitrogens with two attached hydrogens (primary N) is 1. The van der Waals surface area contributed by atoms with Gasteiger partial charge < -0.3 is 15.4 Å². The third-order valence-corrected chi connectivity index (χ3v) is 3.69. The molecular weight excluding hydrogens is 212 g/mol. The Hall–Kier alpha value is -1.38. The number of rotatable bonds is 2. The van der Waals surface area contributed by atoms with Crippen molar-refractivity contribution in [1.82, 2.24) is 0 Å². The normalized spacial score (nSPS) is 24.8. The Morgan fingerprint density at radius 3 is 2.76 bits per heavy atom. The molecule has 0 aromatic heterocycles. The predicted molar refractivity (Wildman–Crippen MR) is 72.6 cm³/mol. The van der Waals surface area contributed by atoms with Gasteiger partial charge in [-0.3, -0.25) is 0 Å². The molecular formula is C14H22N2O. The Balaban J connectivity index is 2.22. The molecule has 0 radical (unpaired) electrons. The highest BCUT2D eigenvalue weighted by molar-refractivity contribution is 5.62. The summed E-state index contributed by atoms with van der Waals surface area (Å²) in [4.78, 5) is 2.45. The molecule has 1 aliphatic rings. The van der Waals surface area contributed by atoms with Crippen molar-refractivity contribution in [2.24, 2.45) is 5.92 Å². The molecule has 0 saturated carbocycles. The van der Waals surface area contributed by atoms with Crippen LogP contribution in [-0.4, -0.2) is 19.7 Å². The van der Waals surface area contributed by atoms with Crippen LogP contribution in [-0.2, 0) is 0 Å². The first kappa shape index (κ1) is 12.1. The van der Waals surface area contributed by atoms with E-state index in [0.717, 1.165) is 18.2 Å². The summed E-state index contributed by atoms with van der Waals surface area (Å²) in [5.41, 5.74) is 7.76. The largest absolute Gasteiger partial charge is 0.495 e. The lowest BCUT2D eigenvalue weighted by Crippen LogP contribution is -2.40. The van der Waals surface area contributed by atoms with E-state index in [1.54, 1.807) is 7.11 Å². The second kappa shape index (κ2) is 4.86. The van der Waals surface area contributed by atoms with E-state index in [0.29, 0.717) is 11.7 Å². The van der Waals surface area contributed by atoms with Crippen molar-refractivity contribution in [3.63, 3.8) is 0 Å². The van der Waals surface area contributed by atoms with E-state index in [2.05, 4.69) is 24.8 Å². The summed E-state index contributed by atoms with van der Waals surface area (Å²) >= 11 is 0. The minimum atomic E-state index is 0.590. The summed E-state index contributed by atoms with van der Waals surface area (Å²) in [5, 5.41) is 0. The maximum atomic E-state index is 5.84. The van der Waals surface area contributed by atoms with Gasteiger partial charge in [-0.05, 0) is 37.8 Å². The van der Waals surface area contributed by atoms with Gasteiger partial charge in [0.05, 0.1) is 12.8 Å². The Bertz CT molecular complexity index is 392. The standard InChI is InChI=1S/C14H22N2O/c1-10-6-7-16(11(2)8-10)12-4-5-13(15)14(9-12)17-3/h4-5,9-11H,6-8,15H2,1-3H3. The molecule has 0 amide bonds. The Labute approximate surface area is 104 Å². The van der Waals surface area contributed by atoms with E-state index in [-0.39, 0.29) is 0 Å². The van der Waals surface area contributed by atoms with Gasteiger partial charge >= 0.3 is 0 Å². The fraction of sp³-hybridized carbons (Fsp3) is 0.571. The van der Waals surface area contributed by atoms with E-state index in [1.165, 1.54) is 18.5 Å². The minimum absolute atomic E-state index is 0.590. The molecule has 1 fully saturated rings. The van der Waals surface area contributed by atoms with E-state index in [4.69, 9.17) is 10.5 Å². The summed E-state index contributed by atoms with van der Waals surface area (Å²) < 4.78 is 5.28. The molecule has 1 aromatic carbocycles. The van der Waals surface area contributed by atoms with Crippen molar-refractivity contribution in [1.29, 1.82) is 0 Å². The number of nitrogens with zero attached hydrogens (tertiary/aromatic N) is 1. The third kappa shape index (κ3) is 2.48. The molecule has 17 heavy (non-hydrogen) atoms. The molecule has 0 bridgehead atoms. The first-order valence-corrected chi connectivity index (χ1v) is 6.32. The van der Waals surface area contributed by atoms with E-state index in [9.17, 15) is 0 Å². The predicted octanol–water partition coefficient (Wildman–Crippen LogP) is 2.90. The highest BCUT2D eigenvalue weighted by Crippen LogP contribution is 2.32. The molecule has 2 N–H and O–H groups in total. The zero-order chi connectivity index (χ0) is 12.4. The Morgan fingerprint density at radius 1 is 1.35 bits per heavy atom. The molecule has 2 atom stereocenters. The van der Waals surface area contributed by atoms with Crippen molar-refractivity contribution in [2.45, 2.75) is 32.7 Å². The maximum absolute atomic E-state index is 5.84. The van der Waals surface area contributed by atoms with Crippen LogP contribution in [0.4, 0.5) is 11.4 Å². The van der Waals surface area contributed by atoms with Crippen LogP contribution in [0.25, 0.3) is 0 Å². The molecule has 2 rings (SSSR count). The van der Waals surface area contributed by atoms with Crippen molar-refractivity contribution in [2.75, 3.05) is 24.3 Å². The SMILES string of the molecule is COc1cc(N2CCC(C)CC2C)ccc1N. The van der Waals surface area contributed by atoms with Gasteiger partial charge in [-0.1, -0.05) is 6.92 Å². The molecule has 2 unspecified atom stereocenters. The molecule has 94 valence electrons. The Morgan fingerprint density at radius 2 is 2.12 bits per heavy atom. The van der Waals surface area contributed by atoms with Crippen LogP contribution in [0.1, 0.15) is 26.7 Å². The fourth-order valence-corrected chi connectivity index (χ4v) is 2.67. The van der Waals surface area contributed by atoms with Crippen molar-refractivity contribution >= 4 is 11.4 Å². The summed E-state index contributed by atoms with van der Waals surface area (Å²) in [6.45, 7) is 5.74. The number of benzene rings is 1. The van der Waals surface area contributed by atoms with Crippen LogP contribution in [0.15, 0.2) is 18.2 Å². The molecule has 0 aliphatic carbocycles. The highest BCUT2D eigenvalue weighted by atomic mass is 16.5. The van der Waals surface area contributed by atoms with Crippen molar-refractivity contribution in [3.05, 3.63) is 18.2 Å². The highest BCUT2D eigenvalue weighted by Gasteiger charge is 2.23. The van der Waals surface area contributed by atoms with Gasteiger partial charge in [-0.25, -0.2) is 0 Å². The van der Waals surface area contributed by atoms with Crippen LogP contribution >= 0.6 is 0 Å². The lowest BCUT2D eigenvalue weighted by molar-refractivity contribution is 0.377. The lowest BCUT2D eigenvalue weighted by Gasteiger charge is -2.38. The summed E-state index contributed by atoms with van der Waals surface area (Å²) in [6, 6.07) is 6.65. The number of ether oxygens (including phenoxy) is 1. The molecule has 3 nitrogen and oxygen atoms in total. The summed E-state index contributed by atoms with van der Waals surface area (Å²) in [5.74, 6) is 1.60. The number of methoxy groups -OCH3 is 1. The van der Waals surface area contributed by atoms with Crippen LogP contribution in [0.3, 0.4) is 0 Å². The van der Waals surface area contributed by atoms with E-state index in [1.807, 2.05) is 12.1 Å². The molecule has 3 heteroatoms. The van der Waals surface area contributed by atoms with Gasteiger partial charge in [0.1, 0.15) is 5.75 Å². The van der Waals surface area contributed by atoms with E-state index < -0.39 is 0 Å². The number of hydrogen-bond donors (Lipinski definition) is 1. The average Bonchev–Trinajstić information content (AvgIpc) is 2.30. The van der Waals surface area contributed by atoms with Crippen LogP contribution in [0, 0.1) is 5.92 Å². The quantitative estimate of drug-likeness (QED) is 0.800. The summed E-state index contributed by atoms with van der Waals surface area (Å²) in [6.07, 6.45) is 2.52. The monoisotopic (exact) mass is 234 g/mol. The minimum Gasteiger partial charge on any atom is -0.495 e. The summed E-state index contributed by atoms with van der Waals surface area (Å²) in [7, 11) is 1.66. The van der Waals surface area contributed by atoms with Gasteiger partial charge in [0, 0.05) is 24.3 Å². The maximum Gasteiger partial charge on any atom is 0.143 e. The fourth-order valence-electron chi connectivity index (χ4n) is 2.67. The van der Waals surface area contributed by atoms with Crippen LogP contribution in [0.5, 0.6) is 5.75 Å². The second-order valence-corrected chi connectivity index (χ2v) is 5.10. The molecule has 0 spiro atoms. The smallest absolute Gasteiger partial charge is 0.143 e. The van der Waals surface area contributed by atoms with Crippen molar-refractivity contribution < 1.29 is 4.74 Å². The topological polar surface area (TPSA) is 38.5 Å². The first-order chi connectivity index (χ1) is 8.11. The molecule has 1 saturated heterocycles. The molecule has 1 aliphatic heterocycles. The van der Waals surface area contributed by atoms with Gasteiger partial charge in [-0.2, -0.15) is 0 Å². The number of anilines is 2. The van der Waals surface area contributed by atoms with Gasteiger partial charge in [0.25, 0.3) is 0 Å². The van der Waals surface area contributed by atoms with Gasteiger partial charge in [0.2, 0.25) is 0 Å². The third-order valence-electron chi connectivity index (χ3n) is 3.69.